The number of anilines is 2. The minimum atomic E-state index is -0.531. The fourth-order valence-corrected chi connectivity index (χ4v) is 2.63. The average molecular weight is 376 g/mol. The first-order valence-corrected chi connectivity index (χ1v) is 8.70. The number of hydrogen-bond acceptors (Lipinski definition) is 6. The Kier molecular flexibility index (Phi) is 5.96. The van der Waals surface area contributed by atoms with Crippen molar-refractivity contribution in [3.05, 3.63) is 83.8 Å². The summed E-state index contributed by atoms with van der Waals surface area (Å²) in [5, 5.41) is 5.90. The Morgan fingerprint density at radius 2 is 1.68 bits per heavy atom. The van der Waals surface area contributed by atoms with Gasteiger partial charge in [-0.1, -0.05) is 42.5 Å². The van der Waals surface area contributed by atoms with E-state index in [0.29, 0.717) is 11.5 Å². The maximum Gasteiger partial charge on any atom is 0.339 e. The molecule has 2 N–H and O–H groups in total. The number of amides is 1. The van der Waals surface area contributed by atoms with E-state index >= 15 is 0 Å². The molecule has 0 saturated heterocycles. The first-order valence-electron chi connectivity index (χ1n) is 8.70. The molecule has 7 heteroatoms. The van der Waals surface area contributed by atoms with Crippen molar-refractivity contribution < 1.29 is 14.3 Å². The molecule has 3 aromatic rings. The molecule has 3 rings (SSSR count). The summed E-state index contributed by atoms with van der Waals surface area (Å²) in [5.41, 5.74) is 1.87. The van der Waals surface area contributed by atoms with Crippen molar-refractivity contribution in [2.45, 2.75) is 13.0 Å². The van der Waals surface area contributed by atoms with Crippen LogP contribution in [0, 0.1) is 0 Å². The van der Waals surface area contributed by atoms with Gasteiger partial charge in [-0.15, -0.1) is 0 Å². The number of nitrogens with one attached hydrogen (secondary N) is 2. The second kappa shape index (κ2) is 8.77. The lowest BCUT2D eigenvalue weighted by molar-refractivity contribution is 0.0602. The van der Waals surface area contributed by atoms with E-state index in [4.69, 9.17) is 4.74 Å². The van der Waals surface area contributed by atoms with Crippen LogP contribution in [0.1, 0.15) is 39.4 Å². The van der Waals surface area contributed by atoms with Gasteiger partial charge in [-0.2, -0.15) is 0 Å². The van der Waals surface area contributed by atoms with Gasteiger partial charge < -0.3 is 15.4 Å². The molecule has 1 atom stereocenters. The summed E-state index contributed by atoms with van der Waals surface area (Å²) >= 11 is 0. The molecule has 1 heterocycles. The highest BCUT2D eigenvalue weighted by Gasteiger charge is 2.15. The van der Waals surface area contributed by atoms with E-state index in [1.807, 2.05) is 37.3 Å². The molecular formula is C21H20N4O3. The lowest BCUT2D eigenvalue weighted by Gasteiger charge is -2.14. The fourth-order valence-electron chi connectivity index (χ4n) is 2.63. The Bertz CT molecular complexity index is 959. The molecule has 0 bridgehead atoms. The molecule has 142 valence electrons. The monoisotopic (exact) mass is 376 g/mol. The van der Waals surface area contributed by atoms with E-state index in [-0.39, 0.29) is 17.3 Å². The first kappa shape index (κ1) is 19.0. The number of aromatic nitrogens is 2. The standard InChI is InChI=1S/C21H20N4O3/c1-14(15-8-4-3-5-9-15)24-19-13-22-18(12-23-19)20(26)25-17-11-7-6-10-16(17)21(27)28-2/h3-14H,1-2H3,(H,23,24)(H,25,26). The van der Waals surface area contributed by atoms with Crippen molar-refractivity contribution in [3.63, 3.8) is 0 Å². The zero-order valence-electron chi connectivity index (χ0n) is 15.5. The van der Waals surface area contributed by atoms with Crippen molar-refractivity contribution in [2.75, 3.05) is 17.7 Å². The van der Waals surface area contributed by atoms with Crippen LogP contribution >= 0.6 is 0 Å². The number of hydrogen-bond donors (Lipinski definition) is 2. The number of esters is 1. The Morgan fingerprint density at radius 3 is 2.36 bits per heavy atom. The summed E-state index contributed by atoms with van der Waals surface area (Å²) in [5.74, 6) is -0.439. The molecule has 0 fully saturated rings. The number of para-hydroxylation sites is 1. The highest BCUT2D eigenvalue weighted by Crippen LogP contribution is 2.18. The molecule has 1 amide bonds. The second-order valence-corrected chi connectivity index (χ2v) is 6.05. The van der Waals surface area contributed by atoms with Gasteiger partial charge in [0.2, 0.25) is 0 Å². The van der Waals surface area contributed by atoms with Gasteiger partial charge in [0.25, 0.3) is 5.91 Å². The van der Waals surface area contributed by atoms with Crippen LogP contribution in [-0.4, -0.2) is 29.0 Å². The minimum absolute atomic E-state index is 0.0436. The van der Waals surface area contributed by atoms with Gasteiger partial charge in [-0.05, 0) is 24.6 Å². The number of carbonyl (C=O) groups excluding carboxylic acids is 2. The smallest absolute Gasteiger partial charge is 0.339 e. The minimum Gasteiger partial charge on any atom is -0.465 e. The van der Waals surface area contributed by atoms with Crippen molar-refractivity contribution in [3.8, 4) is 0 Å². The predicted octanol–water partition coefficient (Wildman–Crippen LogP) is 3.69. The SMILES string of the molecule is COC(=O)c1ccccc1NC(=O)c1cnc(NC(C)c2ccccc2)cn1. The van der Waals surface area contributed by atoms with Crippen LogP contribution < -0.4 is 10.6 Å². The zero-order valence-corrected chi connectivity index (χ0v) is 15.5. The summed E-state index contributed by atoms with van der Waals surface area (Å²) in [6.45, 7) is 2.02. The van der Waals surface area contributed by atoms with E-state index in [1.54, 1.807) is 24.3 Å². The van der Waals surface area contributed by atoms with Crippen LogP contribution in [0.15, 0.2) is 67.0 Å². The molecule has 0 aliphatic carbocycles. The summed E-state index contributed by atoms with van der Waals surface area (Å²) in [6.07, 6.45) is 2.89. The Labute approximate surface area is 162 Å². The third kappa shape index (κ3) is 4.50. The van der Waals surface area contributed by atoms with E-state index < -0.39 is 11.9 Å². The van der Waals surface area contributed by atoms with Crippen molar-refractivity contribution in [2.24, 2.45) is 0 Å². The average Bonchev–Trinajstić information content (AvgIpc) is 2.74. The van der Waals surface area contributed by atoms with Gasteiger partial charge in [-0.3, -0.25) is 4.79 Å². The molecular weight excluding hydrogens is 356 g/mol. The maximum atomic E-state index is 12.4. The number of benzene rings is 2. The summed E-state index contributed by atoms with van der Waals surface area (Å²) in [6, 6.07) is 16.6. The zero-order chi connectivity index (χ0) is 19.9. The quantitative estimate of drug-likeness (QED) is 0.638. The van der Waals surface area contributed by atoms with E-state index in [9.17, 15) is 9.59 Å². The van der Waals surface area contributed by atoms with Crippen LogP contribution in [0.5, 0.6) is 0 Å². The van der Waals surface area contributed by atoms with Gasteiger partial charge in [0.1, 0.15) is 11.5 Å². The van der Waals surface area contributed by atoms with E-state index in [0.717, 1.165) is 5.56 Å². The third-order valence-electron chi connectivity index (χ3n) is 4.13. The second-order valence-electron chi connectivity index (χ2n) is 6.05. The normalized spacial score (nSPS) is 11.4. The molecule has 0 radical (unpaired) electrons. The van der Waals surface area contributed by atoms with Gasteiger partial charge in [-0.25, -0.2) is 14.8 Å². The molecule has 7 nitrogen and oxygen atoms in total. The molecule has 0 aliphatic rings. The van der Waals surface area contributed by atoms with Gasteiger partial charge >= 0.3 is 5.97 Å². The van der Waals surface area contributed by atoms with Crippen molar-refractivity contribution >= 4 is 23.4 Å². The molecule has 0 aliphatic heterocycles. The summed E-state index contributed by atoms with van der Waals surface area (Å²) in [7, 11) is 1.29. The molecule has 2 aromatic carbocycles. The number of rotatable bonds is 6. The number of methoxy groups -OCH3 is 1. The molecule has 1 unspecified atom stereocenters. The number of ether oxygens (including phenoxy) is 1. The Morgan fingerprint density at radius 1 is 0.964 bits per heavy atom. The predicted molar refractivity (Wildman–Crippen MR) is 106 cm³/mol. The highest BCUT2D eigenvalue weighted by atomic mass is 16.5. The highest BCUT2D eigenvalue weighted by molar-refractivity contribution is 6.06. The van der Waals surface area contributed by atoms with Crippen LogP contribution in [0.4, 0.5) is 11.5 Å². The molecule has 28 heavy (non-hydrogen) atoms. The lowest BCUT2D eigenvalue weighted by Crippen LogP contribution is -2.17. The summed E-state index contributed by atoms with van der Waals surface area (Å²) < 4.78 is 4.73. The molecule has 0 saturated carbocycles. The Balaban J connectivity index is 1.68. The maximum absolute atomic E-state index is 12.4. The van der Waals surface area contributed by atoms with Crippen LogP contribution in [0.25, 0.3) is 0 Å². The van der Waals surface area contributed by atoms with Gasteiger partial charge in [0, 0.05) is 6.04 Å². The number of nitrogens with zero attached hydrogens (tertiary/aromatic N) is 2. The van der Waals surface area contributed by atoms with Crippen LogP contribution in [0.3, 0.4) is 0 Å². The lowest BCUT2D eigenvalue weighted by atomic mass is 10.1. The first-order chi connectivity index (χ1) is 13.6. The topological polar surface area (TPSA) is 93.2 Å². The van der Waals surface area contributed by atoms with Crippen LogP contribution in [0.2, 0.25) is 0 Å². The van der Waals surface area contributed by atoms with Crippen LogP contribution in [-0.2, 0) is 4.74 Å². The van der Waals surface area contributed by atoms with Gasteiger partial charge in [0.05, 0.1) is 30.8 Å². The van der Waals surface area contributed by atoms with Gasteiger partial charge in [0.15, 0.2) is 0 Å². The number of carbonyl (C=O) groups is 2. The van der Waals surface area contributed by atoms with E-state index in [2.05, 4.69) is 20.6 Å². The van der Waals surface area contributed by atoms with E-state index in [1.165, 1.54) is 19.5 Å². The fraction of sp³-hybridized carbons (Fsp3) is 0.143. The molecule has 0 spiro atoms. The third-order valence-corrected chi connectivity index (χ3v) is 4.13. The Hall–Kier alpha value is -3.74. The molecule has 1 aromatic heterocycles. The van der Waals surface area contributed by atoms with Crippen molar-refractivity contribution in [1.82, 2.24) is 9.97 Å². The summed E-state index contributed by atoms with van der Waals surface area (Å²) in [4.78, 5) is 32.7. The largest absolute Gasteiger partial charge is 0.465 e. The van der Waals surface area contributed by atoms with Crippen molar-refractivity contribution in [1.29, 1.82) is 0 Å².